The van der Waals surface area contributed by atoms with Crippen LogP contribution in [-0.4, -0.2) is 56.2 Å². The number of hydrogen-bond donors (Lipinski definition) is 2. The number of H-pyrrole nitrogens is 1. The van der Waals surface area contributed by atoms with Crippen molar-refractivity contribution in [3.8, 4) is 11.3 Å². The van der Waals surface area contributed by atoms with Crippen LogP contribution >= 0.6 is 0 Å². The predicted octanol–water partition coefficient (Wildman–Crippen LogP) is 4.69. The number of fused-ring (bicyclic) bond motifs is 6. The van der Waals surface area contributed by atoms with Gasteiger partial charge in [0.2, 0.25) is 0 Å². The Morgan fingerprint density at radius 3 is 2.64 bits per heavy atom. The normalized spacial score (nSPS) is 25.0. The predicted molar refractivity (Wildman–Crippen MR) is 118 cm³/mol. The van der Waals surface area contributed by atoms with Crippen molar-refractivity contribution in [2.24, 2.45) is 0 Å². The number of nitrogens with zero attached hydrogens (tertiary/aromatic N) is 5. The summed E-state index contributed by atoms with van der Waals surface area (Å²) in [5, 5.41) is 23.1. The van der Waals surface area contributed by atoms with E-state index >= 15 is 0 Å². The highest BCUT2D eigenvalue weighted by Gasteiger charge is 2.43. The van der Waals surface area contributed by atoms with Crippen LogP contribution in [0.15, 0.2) is 12.1 Å². The second kappa shape index (κ2) is 7.65. The number of nitrogens with one attached hydrogen (secondary N) is 2. The Hall–Kier alpha value is -2.75. The number of alkyl halides is 3. The zero-order valence-electron chi connectivity index (χ0n) is 18.4. The Kier molecular flexibility index (Phi) is 4.83. The average Bonchev–Trinajstić information content (AvgIpc) is 3.55. The maximum absolute atomic E-state index is 13.5. The quantitative estimate of drug-likeness (QED) is 0.591. The Balaban J connectivity index is 1.44. The molecule has 174 valence electrons. The van der Waals surface area contributed by atoms with Gasteiger partial charge in [0.1, 0.15) is 11.0 Å². The third-order valence-corrected chi connectivity index (χ3v) is 7.63. The van der Waals surface area contributed by atoms with Crippen molar-refractivity contribution < 1.29 is 13.2 Å². The Labute approximate surface area is 189 Å². The van der Waals surface area contributed by atoms with Crippen molar-refractivity contribution in [1.29, 1.82) is 0 Å². The van der Waals surface area contributed by atoms with Crippen molar-refractivity contribution in [3.63, 3.8) is 0 Å². The van der Waals surface area contributed by atoms with Gasteiger partial charge in [-0.3, -0.25) is 0 Å². The van der Waals surface area contributed by atoms with E-state index in [0.717, 1.165) is 69.2 Å². The van der Waals surface area contributed by atoms with Gasteiger partial charge in [-0.15, -0.1) is 10.2 Å². The highest BCUT2D eigenvalue weighted by Crippen LogP contribution is 2.57. The van der Waals surface area contributed by atoms with Crippen LogP contribution in [0.3, 0.4) is 0 Å². The lowest BCUT2D eigenvalue weighted by molar-refractivity contribution is -0.136. The minimum Gasteiger partial charge on any atom is -0.364 e. The molecular formula is C23H26F3N7. The van der Waals surface area contributed by atoms with Gasteiger partial charge in [0.05, 0.1) is 11.3 Å². The molecule has 2 aliphatic carbocycles. The number of rotatable bonds is 4. The van der Waals surface area contributed by atoms with Gasteiger partial charge >= 0.3 is 6.18 Å². The molecule has 3 heterocycles. The molecule has 1 saturated carbocycles. The summed E-state index contributed by atoms with van der Waals surface area (Å²) < 4.78 is 40.4. The van der Waals surface area contributed by atoms with Crippen molar-refractivity contribution in [2.45, 2.75) is 63.1 Å². The minimum atomic E-state index is -4.50. The standard InChI is InChI=1S/C23H26F3N7/c1-2-33-9-3-4-14(11-33)27-22-18-13-6-5-12(10-13)17(18)19(28-31-22)15-7-8-16(23(24,25)26)21-20(15)29-32-30-21/h7-8,12-14H,2-6,9-11H2,1H3,(H,27,31)(H,29,30,32)/t12?,13?,14-/m1/s1. The molecule has 2 fully saturated rings. The van der Waals surface area contributed by atoms with E-state index in [9.17, 15) is 13.2 Å². The number of halogens is 3. The van der Waals surface area contributed by atoms with Gasteiger partial charge in [-0.1, -0.05) is 6.92 Å². The molecule has 3 atom stereocenters. The van der Waals surface area contributed by atoms with Gasteiger partial charge < -0.3 is 10.2 Å². The molecule has 1 aromatic carbocycles. The second-order valence-electron chi connectivity index (χ2n) is 9.49. The second-order valence-corrected chi connectivity index (χ2v) is 9.49. The molecule has 10 heteroatoms. The molecule has 33 heavy (non-hydrogen) atoms. The SMILES string of the molecule is CCN1CCC[C@@H](Nc2nnc(-c3ccc(C(F)(F)F)c4n[nH]nc34)c3c2C2CCC3C2)C1. The number of aromatic nitrogens is 5. The molecule has 2 bridgehead atoms. The molecule has 1 saturated heterocycles. The van der Waals surface area contributed by atoms with Crippen LogP contribution in [-0.2, 0) is 6.18 Å². The molecule has 0 spiro atoms. The summed E-state index contributed by atoms with van der Waals surface area (Å²) in [6.07, 6.45) is 1.00. The summed E-state index contributed by atoms with van der Waals surface area (Å²) in [7, 11) is 0. The summed E-state index contributed by atoms with van der Waals surface area (Å²) >= 11 is 0. The van der Waals surface area contributed by atoms with E-state index in [1.165, 1.54) is 11.6 Å². The Morgan fingerprint density at radius 1 is 1.06 bits per heavy atom. The topological polar surface area (TPSA) is 82.6 Å². The van der Waals surface area contributed by atoms with Crippen molar-refractivity contribution in [3.05, 3.63) is 28.8 Å². The third-order valence-electron chi connectivity index (χ3n) is 7.63. The molecule has 1 aliphatic heterocycles. The number of benzene rings is 1. The Bertz CT molecular complexity index is 1200. The van der Waals surface area contributed by atoms with Crippen molar-refractivity contribution >= 4 is 16.9 Å². The number of piperidine rings is 1. The van der Waals surface area contributed by atoms with Crippen LogP contribution in [0.25, 0.3) is 22.3 Å². The zero-order valence-corrected chi connectivity index (χ0v) is 18.4. The molecule has 0 amide bonds. The van der Waals surface area contributed by atoms with Gasteiger partial charge in [-0.2, -0.15) is 28.6 Å². The van der Waals surface area contributed by atoms with Crippen LogP contribution < -0.4 is 5.32 Å². The summed E-state index contributed by atoms with van der Waals surface area (Å²) in [6, 6.07) is 2.88. The fraction of sp³-hybridized carbons (Fsp3) is 0.565. The first-order chi connectivity index (χ1) is 15.9. The summed E-state index contributed by atoms with van der Waals surface area (Å²) in [5.41, 5.74) is 2.77. The lowest BCUT2D eigenvalue weighted by Gasteiger charge is -2.33. The lowest BCUT2D eigenvalue weighted by Crippen LogP contribution is -2.42. The highest BCUT2D eigenvalue weighted by atomic mass is 19.4. The molecule has 6 rings (SSSR count). The summed E-state index contributed by atoms with van der Waals surface area (Å²) in [5.74, 6) is 1.64. The molecular weight excluding hydrogens is 431 g/mol. The van der Waals surface area contributed by atoms with Crippen molar-refractivity contribution in [2.75, 3.05) is 25.0 Å². The maximum Gasteiger partial charge on any atom is 0.418 e. The molecule has 2 aromatic heterocycles. The number of likely N-dealkylation sites (tertiary alicyclic amines) is 1. The van der Waals surface area contributed by atoms with E-state index < -0.39 is 11.7 Å². The van der Waals surface area contributed by atoms with E-state index in [4.69, 9.17) is 0 Å². The number of likely N-dealkylation sites (N-methyl/N-ethyl adjacent to an activating group) is 1. The first-order valence-electron chi connectivity index (χ1n) is 11.7. The van der Waals surface area contributed by atoms with E-state index in [2.05, 4.69) is 42.7 Å². The summed E-state index contributed by atoms with van der Waals surface area (Å²) in [6.45, 7) is 5.33. The smallest absolute Gasteiger partial charge is 0.364 e. The fourth-order valence-corrected chi connectivity index (χ4v) is 6.11. The van der Waals surface area contributed by atoms with E-state index in [0.29, 0.717) is 29.1 Å². The third kappa shape index (κ3) is 3.37. The van der Waals surface area contributed by atoms with Crippen LogP contribution in [0, 0.1) is 0 Å². The van der Waals surface area contributed by atoms with E-state index in [-0.39, 0.29) is 11.0 Å². The van der Waals surface area contributed by atoms with Gasteiger partial charge in [-0.25, -0.2) is 0 Å². The molecule has 0 radical (unpaired) electrons. The van der Waals surface area contributed by atoms with Gasteiger partial charge in [0.15, 0.2) is 5.82 Å². The van der Waals surface area contributed by atoms with Gasteiger partial charge in [-0.05, 0) is 74.7 Å². The molecule has 7 nitrogen and oxygen atoms in total. The van der Waals surface area contributed by atoms with E-state index in [1.54, 1.807) is 0 Å². The van der Waals surface area contributed by atoms with Crippen LogP contribution in [0.2, 0.25) is 0 Å². The average molecular weight is 458 g/mol. The number of aromatic amines is 1. The summed E-state index contributed by atoms with van der Waals surface area (Å²) in [4.78, 5) is 2.44. The zero-order chi connectivity index (χ0) is 22.7. The van der Waals surface area contributed by atoms with E-state index in [1.807, 2.05) is 0 Å². The largest absolute Gasteiger partial charge is 0.418 e. The molecule has 2 N–H and O–H groups in total. The minimum absolute atomic E-state index is 0.178. The Morgan fingerprint density at radius 2 is 1.85 bits per heavy atom. The van der Waals surface area contributed by atoms with Crippen molar-refractivity contribution in [1.82, 2.24) is 30.5 Å². The highest BCUT2D eigenvalue weighted by molar-refractivity contribution is 5.94. The number of hydrogen-bond acceptors (Lipinski definition) is 6. The molecule has 3 aliphatic rings. The van der Waals surface area contributed by atoms with Gasteiger partial charge in [0, 0.05) is 23.7 Å². The monoisotopic (exact) mass is 457 g/mol. The molecule has 3 aromatic rings. The van der Waals surface area contributed by atoms with Gasteiger partial charge in [0.25, 0.3) is 0 Å². The van der Waals surface area contributed by atoms with Crippen LogP contribution in [0.5, 0.6) is 0 Å². The first-order valence-corrected chi connectivity index (χ1v) is 11.7. The fourth-order valence-electron chi connectivity index (χ4n) is 6.11. The lowest BCUT2D eigenvalue weighted by atomic mass is 9.88. The maximum atomic E-state index is 13.5. The first kappa shape index (κ1) is 20.8. The van der Waals surface area contributed by atoms with Crippen LogP contribution in [0.1, 0.15) is 67.6 Å². The number of anilines is 1. The molecule has 2 unspecified atom stereocenters. The van der Waals surface area contributed by atoms with Crippen LogP contribution in [0.4, 0.5) is 19.0 Å².